The van der Waals surface area contributed by atoms with Crippen LogP contribution in [-0.2, 0) is 11.3 Å². The molecule has 0 aliphatic carbocycles. The fourth-order valence-electron chi connectivity index (χ4n) is 1.84. The predicted octanol–water partition coefficient (Wildman–Crippen LogP) is 3.13. The molecule has 0 unspecified atom stereocenters. The number of guanidine groups is 1. The Balaban J connectivity index is 0.00000484. The van der Waals surface area contributed by atoms with E-state index in [-0.39, 0.29) is 24.0 Å². The Morgan fingerprint density at radius 3 is 2.74 bits per heavy atom. The Morgan fingerprint density at radius 1 is 1.30 bits per heavy atom. The van der Waals surface area contributed by atoms with Crippen LogP contribution in [-0.4, -0.2) is 37.2 Å². The zero-order valence-electron chi connectivity index (χ0n) is 14.8. The Labute approximate surface area is 157 Å². The van der Waals surface area contributed by atoms with Gasteiger partial charge in [0.15, 0.2) is 5.96 Å². The van der Waals surface area contributed by atoms with Crippen molar-refractivity contribution in [3.63, 3.8) is 0 Å². The molecule has 5 nitrogen and oxygen atoms in total. The molecule has 1 heterocycles. The summed E-state index contributed by atoms with van der Waals surface area (Å²) >= 11 is 0. The highest BCUT2D eigenvalue weighted by Crippen LogP contribution is 2.04. The van der Waals surface area contributed by atoms with Gasteiger partial charge in [-0.2, -0.15) is 0 Å². The predicted molar refractivity (Wildman–Crippen MR) is 107 cm³/mol. The van der Waals surface area contributed by atoms with E-state index in [1.54, 1.807) is 6.20 Å². The van der Waals surface area contributed by atoms with Gasteiger partial charge in [0.25, 0.3) is 0 Å². The lowest BCUT2D eigenvalue weighted by Crippen LogP contribution is -2.39. The van der Waals surface area contributed by atoms with Gasteiger partial charge >= 0.3 is 0 Å². The first-order chi connectivity index (χ1) is 10.6. The molecule has 0 fully saturated rings. The summed E-state index contributed by atoms with van der Waals surface area (Å²) in [5.41, 5.74) is 2.17. The lowest BCUT2D eigenvalue weighted by atomic mass is 10.1. The van der Waals surface area contributed by atoms with E-state index in [9.17, 15) is 0 Å². The molecule has 23 heavy (non-hydrogen) atoms. The quantitative estimate of drug-likeness (QED) is 0.272. The van der Waals surface area contributed by atoms with Crippen molar-refractivity contribution in [2.45, 2.75) is 40.7 Å². The summed E-state index contributed by atoms with van der Waals surface area (Å²) in [4.78, 5) is 8.93. The third kappa shape index (κ3) is 10.5. The fourth-order valence-corrected chi connectivity index (χ4v) is 1.84. The second-order valence-electron chi connectivity index (χ2n) is 5.68. The van der Waals surface area contributed by atoms with Gasteiger partial charge in [-0.05, 0) is 37.8 Å². The van der Waals surface area contributed by atoms with Gasteiger partial charge in [-0.3, -0.25) is 4.98 Å². The second-order valence-corrected chi connectivity index (χ2v) is 5.68. The van der Waals surface area contributed by atoms with Crippen molar-refractivity contribution in [1.82, 2.24) is 15.6 Å². The van der Waals surface area contributed by atoms with Crippen LogP contribution in [0.25, 0.3) is 0 Å². The number of pyridine rings is 1. The first-order valence-corrected chi connectivity index (χ1v) is 8.14. The number of ether oxygens (including phenoxy) is 1. The molecular formula is C17H31IN4O. The molecule has 0 aromatic carbocycles. The lowest BCUT2D eigenvalue weighted by Gasteiger charge is -2.12. The number of aromatic nitrogens is 1. The average Bonchev–Trinajstić information content (AvgIpc) is 2.49. The SMILES string of the molecule is CCNC(=NCc1ncccc1C)NCCOCCC(C)C.I. The Bertz CT molecular complexity index is 452. The fraction of sp³-hybridized carbons (Fsp3) is 0.647. The zero-order chi connectivity index (χ0) is 16.2. The average molecular weight is 434 g/mol. The smallest absolute Gasteiger partial charge is 0.191 e. The van der Waals surface area contributed by atoms with Crippen LogP contribution in [0.3, 0.4) is 0 Å². The van der Waals surface area contributed by atoms with E-state index >= 15 is 0 Å². The summed E-state index contributed by atoms with van der Waals surface area (Å²) in [7, 11) is 0. The second kappa shape index (κ2) is 13.5. The Kier molecular flexibility index (Phi) is 13.0. The molecule has 1 aromatic rings. The standard InChI is InChI=1S/C17H30N4O.HI/c1-5-18-17(20-10-12-22-11-8-14(2)3)21-13-16-15(4)7-6-9-19-16;/h6-7,9,14H,5,8,10-13H2,1-4H3,(H2,18,20,21);1H. The Morgan fingerprint density at radius 2 is 2.09 bits per heavy atom. The van der Waals surface area contributed by atoms with Crippen LogP contribution >= 0.6 is 24.0 Å². The Hall–Kier alpha value is -0.890. The molecular weight excluding hydrogens is 403 g/mol. The van der Waals surface area contributed by atoms with Gasteiger partial charge in [-0.15, -0.1) is 24.0 Å². The third-order valence-electron chi connectivity index (χ3n) is 3.23. The van der Waals surface area contributed by atoms with E-state index in [1.807, 2.05) is 6.07 Å². The van der Waals surface area contributed by atoms with Crippen LogP contribution in [0.1, 0.15) is 38.4 Å². The van der Waals surface area contributed by atoms with E-state index in [0.29, 0.717) is 19.1 Å². The normalized spacial score (nSPS) is 11.3. The topological polar surface area (TPSA) is 58.5 Å². The molecule has 0 amide bonds. The maximum absolute atomic E-state index is 5.60. The van der Waals surface area contributed by atoms with E-state index in [1.165, 1.54) is 5.56 Å². The summed E-state index contributed by atoms with van der Waals surface area (Å²) < 4.78 is 5.60. The van der Waals surface area contributed by atoms with Crippen molar-refractivity contribution in [1.29, 1.82) is 0 Å². The number of halogens is 1. The van der Waals surface area contributed by atoms with Gasteiger partial charge in [0.2, 0.25) is 0 Å². The summed E-state index contributed by atoms with van der Waals surface area (Å²) in [6, 6.07) is 4.00. The molecule has 0 spiro atoms. The van der Waals surface area contributed by atoms with Crippen LogP contribution < -0.4 is 10.6 Å². The van der Waals surface area contributed by atoms with E-state index in [0.717, 1.165) is 37.8 Å². The molecule has 0 bridgehead atoms. The lowest BCUT2D eigenvalue weighted by molar-refractivity contribution is 0.128. The molecule has 132 valence electrons. The van der Waals surface area contributed by atoms with E-state index in [4.69, 9.17) is 4.74 Å². The third-order valence-corrected chi connectivity index (χ3v) is 3.23. The van der Waals surface area contributed by atoms with Crippen molar-refractivity contribution < 1.29 is 4.74 Å². The maximum atomic E-state index is 5.60. The molecule has 0 radical (unpaired) electrons. The number of nitrogens with zero attached hydrogens (tertiary/aromatic N) is 2. The van der Waals surface area contributed by atoms with Crippen LogP contribution in [0.2, 0.25) is 0 Å². The number of hydrogen-bond donors (Lipinski definition) is 2. The summed E-state index contributed by atoms with van der Waals surface area (Å²) in [6.45, 7) is 12.2. The van der Waals surface area contributed by atoms with Gasteiger partial charge in [0.05, 0.1) is 18.8 Å². The minimum atomic E-state index is 0. The van der Waals surface area contributed by atoms with Crippen molar-refractivity contribution in [3.05, 3.63) is 29.6 Å². The monoisotopic (exact) mass is 434 g/mol. The highest BCUT2D eigenvalue weighted by molar-refractivity contribution is 14.0. The van der Waals surface area contributed by atoms with Gasteiger partial charge < -0.3 is 15.4 Å². The van der Waals surface area contributed by atoms with Crippen LogP contribution in [0.15, 0.2) is 23.3 Å². The molecule has 0 saturated heterocycles. The highest BCUT2D eigenvalue weighted by atomic mass is 127. The zero-order valence-corrected chi connectivity index (χ0v) is 17.1. The van der Waals surface area contributed by atoms with Crippen LogP contribution in [0.5, 0.6) is 0 Å². The van der Waals surface area contributed by atoms with Gasteiger partial charge in [0, 0.05) is 25.9 Å². The highest BCUT2D eigenvalue weighted by Gasteiger charge is 2.00. The van der Waals surface area contributed by atoms with Crippen molar-refractivity contribution in [2.75, 3.05) is 26.3 Å². The first kappa shape index (κ1) is 22.1. The minimum absolute atomic E-state index is 0. The molecule has 1 rings (SSSR count). The van der Waals surface area contributed by atoms with Crippen molar-refractivity contribution in [3.8, 4) is 0 Å². The number of rotatable bonds is 9. The maximum Gasteiger partial charge on any atom is 0.191 e. The minimum Gasteiger partial charge on any atom is -0.380 e. The number of hydrogen-bond acceptors (Lipinski definition) is 3. The molecule has 0 aliphatic heterocycles. The van der Waals surface area contributed by atoms with Gasteiger partial charge in [0.1, 0.15) is 0 Å². The summed E-state index contributed by atoms with van der Waals surface area (Å²) in [6.07, 6.45) is 2.91. The van der Waals surface area contributed by atoms with Crippen LogP contribution in [0, 0.1) is 12.8 Å². The number of aliphatic imine (C=N–C) groups is 1. The van der Waals surface area contributed by atoms with Gasteiger partial charge in [-0.25, -0.2) is 4.99 Å². The van der Waals surface area contributed by atoms with Crippen molar-refractivity contribution >= 4 is 29.9 Å². The molecule has 0 atom stereocenters. The summed E-state index contributed by atoms with van der Waals surface area (Å²) in [5, 5.41) is 6.52. The molecule has 0 saturated carbocycles. The number of aryl methyl sites for hydroxylation is 1. The molecule has 0 aliphatic rings. The van der Waals surface area contributed by atoms with E-state index < -0.39 is 0 Å². The van der Waals surface area contributed by atoms with Gasteiger partial charge in [-0.1, -0.05) is 19.9 Å². The molecule has 2 N–H and O–H groups in total. The summed E-state index contributed by atoms with van der Waals surface area (Å²) in [5.74, 6) is 1.49. The largest absolute Gasteiger partial charge is 0.380 e. The van der Waals surface area contributed by atoms with Crippen molar-refractivity contribution in [2.24, 2.45) is 10.9 Å². The van der Waals surface area contributed by atoms with Crippen LogP contribution in [0.4, 0.5) is 0 Å². The van der Waals surface area contributed by atoms with E-state index in [2.05, 4.69) is 54.4 Å². The molecule has 6 heteroatoms. The molecule has 1 aromatic heterocycles. The number of nitrogens with one attached hydrogen (secondary N) is 2. The first-order valence-electron chi connectivity index (χ1n) is 8.14.